The lowest BCUT2D eigenvalue weighted by molar-refractivity contribution is -0.757. The molecule has 0 heterocycles. The van der Waals surface area contributed by atoms with Crippen LogP contribution in [0.15, 0.2) is 54.6 Å². The molecule has 0 aromatic heterocycles. The Bertz CT molecular complexity index is 882. The van der Waals surface area contributed by atoms with Gasteiger partial charge in [0.1, 0.15) is 12.4 Å². The zero-order valence-electron chi connectivity index (χ0n) is 20.2. The number of alkyl halides is 2. The molecule has 4 atom stereocenters. The van der Waals surface area contributed by atoms with E-state index in [1.54, 1.807) is 37.4 Å². The van der Waals surface area contributed by atoms with Crippen molar-refractivity contribution in [2.75, 3.05) is 26.8 Å². The first-order chi connectivity index (χ1) is 17.1. The number of carbonyl (C=O) groups excluding carboxylic acids is 1. The number of benzene rings is 1. The van der Waals surface area contributed by atoms with Crippen LogP contribution in [-0.2, 0) is 9.63 Å². The summed E-state index contributed by atoms with van der Waals surface area (Å²) < 4.78 is 33.7. The average Bonchev–Trinajstić information content (AvgIpc) is 3.10. The number of likely N-dealkylation sites (N-methyl/N-ethyl adjacent to an activating group) is 1. The highest BCUT2D eigenvalue weighted by Gasteiger charge is 2.40. The van der Waals surface area contributed by atoms with Crippen molar-refractivity contribution in [3.05, 3.63) is 64.8 Å². The Balaban J connectivity index is 1.77. The molecule has 1 aliphatic carbocycles. The largest absolute Gasteiger partial charge is 0.487 e. The third-order valence-electron chi connectivity index (χ3n) is 6.04. The van der Waals surface area contributed by atoms with Crippen molar-refractivity contribution in [2.24, 2.45) is 11.8 Å². The number of halogens is 2. The molecular formula is C25H34F2N2O7. The van der Waals surface area contributed by atoms with Crippen molar-refractivity contribution in [3.63, 3.8) is 0 Å². The molecule has 1 saturated carbocycles. The first kappa shape index (κ1) is 29.2. The second-order valence-electron chi connectivity index (χ2n) is 8.80. The van der Waals surface area contributed by atoms with Gasteiger partial charge in [-0.3, -0.25) is 4.79 Å². The molecule has 1 aliphatic rings. The number of allylic oxidation sites excluding steroid dienone is 2. The van der Waals surface area contributed by atoms with Crippen LogP contribution < -0.4 is 4.74 Å². The number of nitrogens with zero attached hydrogens (tertiary/aromatic N) is 2. The first-order valence-electron chi connectivity index (χ1n) is 11.9. The zero-order valence-corrected chi connectivity index (χ0v) is 20.2. The van der Waals surface area contributed by atoms with Crippen LogP contribution in [0.1, 0.15) is 32.1 Å². The molecule has 1 aromatic rings. The SMILES string of the molecule is CN(CCO[N+](=O)[O-])C(=O)CCC/C=C\C[C@@H]1[C@@H](/C=C/C(F)(F)COc2ccccc2)[C@H](O)C[C@@H]1O. The highest BCUT2D eigenvalue weighted by molar-refractivity contribution is 5.75. The smallest absolute Gasteiger partial charge is 0.299 e. The number of hydrogen-bond acceptors (Lipinski definition) is 7. The Hall–Kier alpha value is -3.05. The van der Waals surface area contributed by atoms with E-state index < -0.39 is 41.7 Å². The normalized spacial score (nSPS) is 22.2. The number of aliphatic hydroxyl groups is 2. The average molecular weight is 513 g/mol. The Morgan fingerprint density at radius 3 is 2.67 bits per heavy atom. The van der Waals surface area contributed by atoms with Gasteiger partial charge in [0.15, 0.2) is 6.61 Å². The van der Waals surface area contributed by atoms with Crippen molar-refractivity contribution in [3.8, 4) is 5.75 Å². The number of ether oxygens (including phenoxy) is 1. The molecule has 0 spiro atoms. The summed E-state index contributed by atoms with van der Waals surface area (Å²) in [6.45, 7) is -0.906. The van der Waals surface area contributed by atoms with Gasteiger partial charge in [-0.25, -0.2) is 0 Å². The van der Waals surface area contributed by atoms with Crippen molar-refractivity contribution in [2.45, 2.75) is 50.2 Å². The van der Waals surface area contributed by atoms with E-state index in [2.05, 4.69) is 4.84 Å². The maximum Gasteiger partial charge on any atom is 0.299 e. The minimum atomic E-state index is -3.24. The van der Waals surface area contributed by atoms with Gasteiger partial charge in [0, 0.05) is 32.4 Å². The van der Waals surface area contributed by atoms with Crippen molar-refractivity contribution in [1.82, 2.24) is 4.90 Å². The zero-order chi connectivity index (χ0) is 26.6. The monoisotopic (exact) mass is 512 g/mol. The van der Waals surface area contributed by atoms with Crippen LogP contribution in [0, 0.1) is 22.0 Å². The van der Waals surface area contributed by atoms with Crippen molar-refractivity contribution in [1.29, 1.82) is 0 Å². The predicted molar refractivity (Wildman–Crippen MR) is 128 cm³/mol. The van der Waals surface area contributed by atoms with E-state index in [4.69, 9.17) is 4.74 Å². The van der Waals surface area contributed by atoms with Crippen LogP contribution in [0.2, 0.25) is 0 Å². The quantitative estimate of drug-likeness (QED) is 0.160. The lowest BCUT2D eigenvalue weighted by atomic mass is 9.89. The second kappa shape index (κ2) is 14.5. The number of amides is 1. The number of carbonyl (C=O) groups is 1. The molecule has 1 amide bonds. The Labute approximate surface area is 209 Å². The summed E-state index contributed by atoms with van der Waals surface area (Å²) in [5, 5.41) is 29.8. The number of aliphatic hydroxyl groups excluding tert-OH is 2. The molecule has 0 unspecified atom stereocenters. The molecular weight excluding hydrogens is 478 g/mol. The van der Waals surface area contributed by atoms with Crippen molar-refractivity contribution < 1.29 is 38.4 Å². The Kier molecular flexibility index (Phi) is 11.7. The van der Waals surface area contributed by atoms with Gasteiger partial charge in [-0.05, 0) is 43.4 Å². The lowest BCUT2D eigenvalue weighted by Gasteiger charge is -2.20. The molecule has 200 valence electrons. The molecule has 0 bridgehead atoms. The molecule has 1 fully saturated rings. The van der Waals surface area contributed by atoms with Crippen LogP contribution in [-0.4, -0.2) is 71.0 Å². The van der Waals surface area contributed by atoms with Gasteiger partial charge in [0.2, 0.25) is 5.91 Å². The summed E-state index contributed by atoms with van der Waals surface area (Å²) in [7, 11) is 1.54. The molecule has 36 heavy (non-hydrogen) atoms. The highest BCUT2D eigenvalue weighted by atomic mass is 19.3. The fourth-order valence-electron chi connectivity index (χ4n) is 4.01. The molecule has 9 nitrogen and oxygen atoms in total. The van der Waals surface area contributed by atoms with E-state index in [1.165, 1.54) is 11.0 Å². The summed E-state index contributed by atoms with van der Waals surface area (Å²) in [5.41, 5.74) is 0. The minimum absolute atomic E-state index is 0.112. The summed E-state index contributed by atoms with van der Waals surface area (Å²) >= 11 is 0. The number of rotatable bonds is 15. The summed E-state index contributed by atoms with van der Waals surface area (Å²) in [4.78, 5) is 27.7. The van der Waals surface area contributed by atoms with Gasteiger partial charge < -0.3 is 24.7 Å². The number of para-hydroxylation sites is 1. The van der Waals surface area contributed by atoms with Gasteiger partial charge in [-0.15, -0.1) is 10.1 Å². The van der Waals surface area contributed by atoms with Crippen LogP contribution >= 0.6 is 0 Å². The second-order valence-corrected chi connectivity index (χ2v) is 8.80. The van der Waals surface area contributed by atoms with E-state index in [9.17, 15) is 33.9 Å². The summed E-state index contributed by atoms with van der Waals surface area (Å²) in [6.07, 6.45) is 5.85. The fourth-order valence-corrected chi connectivity index (χ4v) is 4.01. The molecule has 2 rings (SSSR count). The molecule has 1 aromatic carbocycles. The molecule has 11 heteroatoms. The maximum absolute atomic E-state index is 14.3. The van der Waals surface area contributed by atoms with Crippen LogP contribution in [0.25, 0.3) is 0 Å². The topological polar surface area (TPSA) is 122 Å². The standard InChI is InChI=1S/C25H34F2N2O7/c1-28(15-16-36-29(33)34)24(32)12-8-3-2-7-11-20-21(23(31)17-22(20)30)13-14-25(26,27)18-35-19-9-5-4-6-10-19/h2,4-7,9-10,13-14,20-23,30-31H,3,8,11-12,15-18H2,1H3/b7-2-,14-13+/t20-,21-,22+,23-/m1/s1. The molecule has 0 saturated heterocycles. The van der Waals surface area contributed by atoms with Gasteiger partial charge in [-0.1, -0.05) is 36.4 Å². The third kappa shape index (κ3) is 10.3. The molecule has 0 aliphatic heterocycles. The van der Waals surface area contributed by atoms with Gasteiger partial charge in [-0.2, -0.15) is 8.78 Å². The van der Waals surface area contributed by atoms with Crippen LogP contribution in [0.4, 0.5) is 8.78 Å². The van der Waals surface area contributed by atoms with E-state index in [-0.39, 0.29) is 31.9 Å². The minimum Gasteiger partial charge on any atom is -0.487 e. The van der Waals surface area contributed by atoms with Gasteiger partial charge in [0.05, 0.1) is 12.2 Å². The van der Waals surface area contributed by atoms with Gasteiger partial charge >= 0.3 is 0 Å². The van der Waals surface area contributed by atoms with E-state index in [1.807, 2.05) is 12.2 Å². The summed E-state index contributed by atoms with van der Waals surface area (Å²) in [6, 6.07) is 8.30. The lowest BCUT2D eigenvalue weighted by Crippen LogP contribution is -2.30. The number of hydrogen-bond donors (Lipinski definition) is 2. The maximum atomic E-state index is 14.3. The molecule has 2 N–H and O–H groups in total. The van der Waals surface area contributed by atoms with Gasteiger partial charge in [0.25, 0.3) is 11.0 Å². The Morgan fingerprint density at radius 2 is 1.97 bits per heavy atom. The third-order valence-corrected chi connectivity index (χ3v) is 6.04. The van der Waals surface area contributed by atoms with Crippen LogP contribution in [0.5, 0.6) is 5.75 Å². The number of unbranched alkanes of at least 4 members (excludes halogenated alkanes) is 1. The van der Waals surface area contributed by atoms with E-state index >= 15 is 0 Å². The summed E-state index contributed by atoms with van der Waals surface area (Å²) in [5.74, 6) is -4.09. The first-order valence-corrected chi connectivity index (χ1v) is 11.9. The fraction of sp³-hybridized carbons (Fsp3) is 0.560. The highest BCUT2D eigenvalue weighted by Crippen LogP contribution is 2.37. The Morgan fingerprint density at radius 1 is 1.25 bits per heavy atom. The predicted octanol–water partition coefficient (Wildman–Crippen LogP) is 3.40. The van der Waals surface area contributed by atoms with Crippen LogP contribution in [0.3, 0.4) is 0 Å². The van der Waals surface area contributed by atoms with Crippen molar-refractivity contribution >= 4 is 5.91 Å². The molecule has 0 radical (unpaired) electrons. The van der Waals surface area contributed by atoms with E-state index in [0.717, 1.165) is 6.08 Å². The van der Waals surface area contributed by atoms with E-state index in [0.29, 0.717) is 25.0 Å².